The average Bonchev–Trinajstić information content (AvgIpc) is 2.61. The van der Waals surface area contributed by atoms with Crippen molar-refractivity contribution < 1.29 is 40.2 Å². The molecular weight excluding hydrogens is 320 g/mol. The SMILES string of the molecule is CCOC(=O)c1ccc(O)cc1.OCC(O)CO.OCCCCO. The molecule has 140 valence electrons. The molecule has 0 fully saturated rings. The highest BCUT2D eigenvalue weighted by Gasteiger charge is 2.04. The Morgan fingerprint density at radius 2 is 1.46 bits per heavy atom. The lowest BCUT2D eigenvalue weighted by atomic mass is 10.2. The number of aliphatic hydroxyl groups is 5. The zero-order valence-electron chi connectivity index (χ0n) is 13.8. The van der Waals surface area contributed by atoms with Crippen molar-refractivity contribution in [2.45, 2.75) is 25.9 Å². The molecule has 0 radical (unpaired) electrons. The van der Waals surface area contributed by atoms with Crippen LogP contribution in [0.5, 0.6) is 5.75 Å². The summed E-state index contributed by atoms with van der Waals surface area (Å²) in [5.74, 6) is -0.222. The lowest BCUT2D eigenvalue weighted by Crippen LogP contribution is -2.15. The van der Waals surface area contributed by atoms with Crippen LogP contribution in [0.2, 0.25) is 0 Å². The largest absolute Gasteiger partial charge is 0.508 e. The van der Waals surface area contributed by atoms with Crippen molar-refractivity contribution in [2.75, 3.05) is 33.0 Å². The fourth-order valence-corrected chi connectivity index (χ4v) is 1.09. The molecule has 0 aliphatic rings. The van der Waals surface area contributed by atoms with Crippen LogP contribution in [0, 0.1) is 0 Å². The van der Waals surface area contributed by atoms with Gasteiger partial charge >= 0.3 is 5.97 Å². The van der Waals surface area contributed by atoms with Crippen molar-refractivity contribution in [3.05, 3.63) is 29.8 Å². The first-order valence-electron chi connectivity index (χ1n) is 7.54. The highest BCUT2D eigenvalue weighted by molar-refractivity contribution is 5.89. The number of phenolic OH excluding ortho intramolecular Hbond substituents is 1. The van der Waals surface area contributed by atoms with Gasteiger partial charge in [0.2, 0.25) is 0 Å². The Balaban J connectivity index is 0. The van der Waals surface area contributed by atoms with Gasteiger partial charge in [-0.2, -0.15) is 0 Å². The summed E-state index contributed by atoms with van der Waals surface area (Å²) in [5, 5.41) is 49.1. The lowest BCUT2D eigenvalue weighted by molar-refractivity contribution is 0.0450. The molecular formula is C16H28O8. The Hall–Kier alpha value is -1.71. The number of phenols is 1. The quantitative estimate of drug-likeness (QED) is 0.289. The second-order valence-corrected chi connectivity index (χ2v) is 4.44. The molecule has 0 unspecified atom stereocenters. The molecule has 8 nitrogen and oxygen atoms in total. The Morgan fingerprint density at radius 3 is 1.75 bits per heavy atom. The first-order valence-corrected chi connectivity index (χ1v) is 7.54. The molecule has 0 saturated heterocycles. The van der Waals surface area contributed by atoms with E-state index in [0.29, 0.717) is 12.2 Å². The minimum absolute atomic E-state index is 0.142. The second-order valence-electron chi connectivity index (χ2n) is 4.44. The van der Waals surface area contributed by atoms with Crippen LogP contribution in [0.25, 0.3) is 0 Å². The molecule has 1 rings (SSSR count). The fourth-order valence-electron chi connectivity index (χ4n) is 1.09. The van der Waals surface area contributed by atoms with E-state index in [0.717, 1.165) is 12.8 Å². The van der Waals surface area contributed by atoms with E-state index in [1.807, 2.05) is 0 Å². The molecule has 0 saturated carbocycles. The van der Waals surface area contributed by atoms with Gasteiger partial charge in [-0.1, -0.05) is 0 Å². The smallest absolute Gasteiger partial charge is 0.338 e. The summed E-state index contributed by atoms with van der Waals surface area (Å²) < 4.78 is 4.75. The number of esters is 1. The molecule has 0 aromatic heterocycles. The molecule has 8 heteroatoms. The van der Waals surface area contributed by atoms with Crippen LogP contribution >= 0.6 is 0 Å². The third-order valence-electron chi connectivity index (χ3n) is 2.37. The second kappa shape index (κ2) is 17.6. The van der Waals surface area contributed by atoms with E-state index in [1.54, 1.807) is 6.92 Å². The Labute approximate surface area is 141 Å². The van der Waals surface area contributed by atoms with Gasteiger partial charge in [-0.05, 0) is 44.0 Å². The number of carbonyl (C=O) groups excluding carboxylic acids is 1. The summed E-state index contributed by atoms with van der Waals surface area (Å²) in [7, 11) is 0. The minimum atomic E-state index is -0.954. The molecule has 1 aromatic carbocycles. The van der Waals surface area contributed by atoms with Crippen molar-refractivity contribution in [2.24, 2.45) is 0 Å². The number of carbonyl (C=O) groups is 1. The predicted octanol–water partition coefficient (Wildman–Crippen LogP) is -0.348. The van der Waals surface area contributed by atoms with Gasteiger partial charge in [0.15, 0.2) is 0 Å². The van der Waals surface area contributed by atoms with Gasteiger partial charge in [-0.3, -0.25) is 0 Å². The van der Waals surface area contributed by atoms with Gasteiger partial charge in [-0.15, -0.1) is 0 Å². The number of unbranched alkanes of at least 4 members (excludes halogenated alkanes) is 1. The summed E-state index contributed by atoms with van der Waals surface area (Å²) >= 11 is 0. The number of hydrogen-bond donors (Lipinski definition) is 6. The minimum Gasteiger partial charge on any atom is -0.508 e. The van der Waals surface area contributed by atoms with Crippen molar-refractivity contribution in [3.8, 4) is 5.75 Å². The van der Waals surface area contributed by atoms with Crippen LogP contribution in [0.4, 0.5) is 0 Å². The van der Waals surface area contributed by atoms with E-state index in [-0.39, 0.29) is 38.1 Å². The first-order chi connectivity index (χ1) is 11.5. The number of benzene rings is 1. The Kier molecular flexibility index (Phi) is 18.0. The standard InChI is InChI=1S/C9H10O3.C4H10O2.C3H8O3/c1-2-12-9(11)7-3-5-8(10)6-4-7;5-3-1-2-4-6;4-1-3(6)2-5/h3-6,10H,2H2,1H3;5-6H,1-4H2;3-6H,1-2H2. The van der Waals surface area contributed by atoms with Gasteiger partial charge in [0.1, 0.15) is 11.9 Å². The van der Waals surface area contributed by atoms with Crippen LogP contribution < -0.4 is 0 Å². The van der Waals surface area contributed by atoms with Crippen LogP contribution in [-0.2, 0) is 4.74 Å². The summed E-state index contributed by atoms with van der Waals surface area (Å²) in [6.45, 7) is 1.77. The van der Waals surface area contributed by atoms with Gasteiger partial charge in [0.25, 0.3) is 0 Å². The van der Waals surface area contributed by atoms with E-state index in [1.165, 1.54) is 24.3 Å². The van der Waals surface area contributed by atoms with Crippen LogP contribution in [0.15, 0.2) is 24.3 Å². The number of rotatable bonds is 7. The molecule has 0 amide bonds. The van der Waals surface area contributed by atoms with E-state index < -0.39 is 6.10 Å². The molecule has 0 aliphatic carbocycles. The summed E-state index contributed by atoms with van der Waals surface area (Å²) in [4.78, 5) is 11.1. The predicted molar refractivity (Wildman–Crippen MR) is 87.6 cm³/mol. The maximum Gasteiger partial charge on any atom is 0.338 e. The highest BCUT2D eigenvalue weighted by atomic mass is 16.5. The molecule has 0 spiro atoms. The summed E-state index contributed by atoms with van der Waals surface area (Å²) in [5.41, 5.74) is 0.453. The van der Waals surface area contributed by atoms with Crippen LogP contribution in [-0.4, -0.2) is 75.7 Å². The van der Waals surface area contributed by atoms with Gasteiger partial charge in [0.05, 0.1) is 25.4 Å². The van der Waals surface area contributed by atoms with Gasteiger partial charge in [-0.25, -0.2) is 4.79 Å². The van der Waals surface area contributed by atoms with Crippen molar-refractivity contribution in [3.63, 3.8) is 0 Å². The monoisotopic (exact) mass is 348 g/mol. The first kappa shape index (κ1) is 24.5. The number of aliphatic hydroxyl groups excluding tert-OH is 5. The molecule has 1 aromatic rings. The van der Waals surface area contributed by atoms with Crippen molar-refractivity contribution in [1.29, 1.82) is 0 Å². The number of aromatic hydroxyl groups is 1. The maximum absolute atomic E-state index is 11.1. The maximum atomic E-state index is 11.1. The zero-order chi connectivity index (χ0) is 18.8. The average molecular weight is 348 g/mol. The molecule has 0 bridgehead atoms. The van der Waals surface area contributed by atoms with Gasteiger partial charge in [0, 0.05) is 13.2 Å². The molecule has 0 aliphatic heterocycles. The lowest BCUT2D eigenvalue weighted by Gasteiger charge is -2.00. The fraction of sp³-hybridized carbons (Fsp3) is 0.562. The van der Waals surface area contributed by atoms with Crippen LogP contribution in [0.1, 0.15) is 30.1 Å². The van der Waals surface area contributed by atoms with E-state index in [4.69, 9.17) is 35.4 Å². The Morgan fingerprint density at radius 1 is 1.00 bits per heavy atom. The van der Waals surface area contributed by atoms with Crippen molar-refractivity contribution >= 4 is 5.97 Å². The summed E-state index contributed by atoms with van der Waals surface area (Å²) in [6.07, 6.45) is 0.484. The third kappa shape index (κ3) is 15.2. The van der Waals surface area contributed by atoms with Crippen LogP contribution in [0.3, 0.4) is 0 Å². The molecule has 24 heavy (non-hydrogen) atoms. The van der Waals surface area contributed by atoms with E-state index in [9.17, 15) is 4.79 Å². The third-order valence-corrected chi connectivity index (χ3v) is 2.37. The van der Waals surface area contributed by atoms with Crippen molar-refractivity contribution in [1.82, 2.24) is 0 Å². The number of hydrogen-bond acceptors (Lipinski definition) is 8. The molecule has 0 atom stereocenters. The highest BCUT2D eigenvalue weighted by Crippen LogP contribution is 2.10. The topological polar surface area (TPSA) is 148 Å². The molecule has 6 N–H and O–H groups in total. The molecule has 0 heterocycles. The zero-order valence-corrected chi connectivity index (χ0v) is 13.8. The number of ether oxygens (including phenoxy) is 1. The Bertz CT molecular complexity index is 386. The normalized spacial score (nSPS) is 9.46. The van der Waals surface area contributed by atoms with E-state index >= 15 is 0 Å². The summed E-state index contributed by atoms with van der Waals surface area (Å²) in [6, 6.07) is 5.94. The van der Waals surface area contributed by atoms with Gasteiger partial charge < -0.3 is 35.4 Å². The van der Waals surface area contributed by atoms with E-state index in [2.05, 4.69) is 0 Å².